The molecule has 2 aliphatic rings. The number of nitrogens with zero attached hydrogens (tertiary/aromatic N) is 4. The van der Waals surface area contributed by atoms with Crippen LogP contribution >= 0.6 is 0 Å². The van der Waals surface area contributed by atoms with Crippen molar-refractivity contribution in [3.05, 3.63) is 12.4 Å². The van der Waals surface area contributed by atoms with Crippen LogP contribution in [-0.4, -0.2) is 53.1 Å². The molecule has 0 unspecified atom stereocenters. The third-order valence-electron chi connectivity index (χ3n) is 4.44. The molecule has 0 saturated carbocycles. The van der Waals surface area contributed by atoms with Crippen molar-refractivity contribution in [1.82, 2.24) is 14.9 Å². The molecule has 6 heteroatoms. The summed E-state index contributed by atoms with van der Waals surface area (Å²) < 4.78 is 5.68. The number of amides is 1. The summed E-state index contributed by atoms with van der Waals surface area (Å²) in [6.07, 6.45) is 7.31. The van der Waals surface area contributed by atoms with Gasteiger partial charge in [-0.1, -0.05) is 13.8 Å². The lowest BCUT2D eigenvalue weighted by atomic mass is 10.0. The second-order valence-corrected chi connectivity index (χ2v) is 6.85. The van der Waals surface area contributed by atoms with Gasteiger partial charge in [-0.2, -0.15) is 4.98 Å². The van der Waals surface area contributed by atoms with Crippen LogP contribution in [0.5, 0.6) is 5.88 Å². The number of ether oxygens (including phenoxy) is 1. The van der Waals surface area contributed by atoms with Crippen LogP contribution in [0.15, 0.2) is 12.4 Å². The Morgan fingerprint density at radius 1 is 1.30 bits per heavy atom. The van der Waals surface area contributed by atoms with Crippen molar-refractivity contribution in [2.24, 2.45) is 5.92 Å². The Morgan fingerprint density at radius 2 is 2.17 bits per heavy atom. The smallest absolute Gasteiger partial charge is 0.234 e. The van der Waals surface area contributed by atoms with E-state index in [1.807, 2.05) is 0 Å². The average Bonchev–Trinajstić information content (AvgIpc) is 2.99. The predicted molar refractivity (Wildman–Crippen MR) is 88.5 cm³/mol. The standard InChI is InChI=1S/C17H26N4O2/c1-13(2)12-23-16-10-18-9-15(19-16)20-7-3-5-14(11-20)21-8-4-6-17(21)22/h9-10,13-14H,3-8,11-12H2,1-2H3/t14-/m1/s1. The van der Waals surface area contributed by atoms with Crippen molar-refractivity contribution in [3.8, 4) is 5.88 Å². The van der Waals surface area contributed by atoms with E-state index in [4.69, 9.17) is 4.74 Å². The first kappa shape index (κ1) is 16.0. The quantitative estimate of drug-likeness (QED) is 0.832. The Labute approximate surface area is 137 Å². The SMILES string of the molecule is CC(C)COc1cncc(N2CCC[C@@H](N3CCCC3=O)C2)n1. The number of carbonyl (C=O) groups is 1. The van der Waals surface area contributed by atoms with Gasteiger partial charge in [-0.05, 0) is 25.2 Å². The molecular formula is C17H26N4O2. The van der Waals surface area contributed by atoms with E-state index in [0.29, 0.717) is 36.8 Å². The molecule has 1 aromatic heterocycles. The molecule has 0 N–H and O–H groups in total. The summed E-state index contributed by atoms with van der Waals surface area (Å²) in [5, 5.41) is 0. The molecule has 2 aliphatic heterocycles. The van der Waals surface area contributed by atoms with Gasteiger partial charge in [0.15, 0.2) is 5.82 Å². The summed E-state index contributed by atoms with van der Waals surface area (Å²) in [7, 11) is 0. The number of hydrogen-bond donors (Lipinski definition) is 0. The molecule has 23 heavy (non-hydrogen) atoms. The largest absolute Gasteiger partial charge is 0.476 e. The summed E-state index contributed by atoms with van der Waals surface area (Å²) in [6.45, 7) is 7.57. The molecule has 0 aliphatic carbocycles. The number of likely N-dealkylation sites (tertiary alicyclic amines) is 1. The minimum atomic E-state index is 0.303. The molecule has 3 rings (SSSR count). The third-order valence-corrected chi connectivity index (χ3v) is 4.44. The lowest BCUT2D eigenvalue weighted by Crippen LogP contribution is -2.48. The van der Waals surface area contributed by atoms with Crippen molar-refractivity contribution in [3.63, 3.8) is 0 Å². The number of piperidine rings is 1. The van der Waals surface area contributed by atoms with E-state index in [2.05, 4.69) is 33.6 Å². The van der Waals surface area contributed by atoms with Gasteiger partial charge in [0.05, 0.1) is 19.0 Å². The van der Waals surface area contributed by atoms with E-state index in [-0.39, 0.29) is 0 Å². The highest BCUT2D eigenvalue weighted by molar-refractivity contribution is 5.78. The summed E-state index contributed by atoms with van der Waals surface area (Å²) in [6, 6.07) is 0.306. The molecule has 2 saturated heterocycles. The van der Waals surface area contributed by atoms with Crippen LogP contribution in [0.4, 0.5) is 5.82 Å². The molecule has 0 bridgehead atoms. The minimum absolute atomic E-state index is 0.303. The number of aromatic nitrogens is 2. The predicted octanol–water partition coefficient (Wildman–Crippen LogP) is 2.10. The van der Waals surface area contributed by atoms with Crippen LogP contribution < -0.4 is 9.64 Å². The number of anilines is 1. The fourth-order valence-corrected chi connectivity index (χ4v) is 3.28. The molecule has 0 radical (unpaired) electrons. The van der Waals surface area contributed by atoms with Crippen molar-refractivity contribution in [1.29, 1.82) is 0 Å². The zero-order valence-electron chi connectivity index (χ0n) is 14.1. The van der Waals surface area contributed by atoms with Crippen LogP contribution in [0.2, 0.25) is 0 Å². The normalized spacial score (nSPS) is 22.0. The summed E-state index contributed by atoms with van der Waals surface area (Å²) >= 11 is 0. The molecule has 2 fully saturated rings. The molecule has 6 nitrogen and oxygen atoms in total. The first-order valence-electron chi connectivity index (χ1n) is 8.62. The summed E-state index contributed by atoms with van der Waals surface area (Å²) in [4.78, 5) is 25.1. The van der Waals surface area contributed by atoms with Gasteiger partial charge in [0.1, 0.15) is 0 Å². The van der Waals surface area contributed by atoms with E-state index in [1.165, 1.54) is 0 Å². The van der Waals surface area contributed by atoms with Gasteiger partial charge in [-0.25, -0.2) is 0 Å². The van der Waals surface area contributed by atoms with Gasteiger partial charge >= 0.3 is 0 Å². The van der Waals surface area contributed by atoms with Crippen molar-refractivity contribution in [2.45, 2.75) is 45.6 Å². The van der Waals surface area contributed by atoms with Crippen LogP contribution in [0.25, 0.3) is 0 Å². The van der Waals surface area contributed by atoms with Crippen molar-refractivity contribution >= 4 is 11.7 Å². The van der Waals surface area contributed by atoms with Gasteiger partial charge in [0.25, 0.3) is 0 Å². The van der Waals surface area contributed by atoms with E-state index in [1.54, 1.807) is 12.4 Å². The molecule has 3 heterocycles. The number of carbonyl (C=O) groups excluding carboxylic acids is 1. The van der Waals surface area contributed by atoms with E-state index in [0.717, 1.165) is 44.7 Å². The van der Waals surface area contributed by atoms with Crippen LogP contribution in [0, 0.1) is 5.92 Å². The lowest BCUT2D eigenvalue weighted by Gasteiger charge is -2.38. The van der Waals surface area contributed by atoms with Crippen molar-refractivity contribution < 1.29 is 9.53 Å². The Morgan fingerprint density at radius 3 is 2.91 bits per heavy atom. The van der Waals surface area contributed by atoms with Gasteiger partial charge in [-0.15, -0.1) is 0 Å². The summed E-state index contributed by atoms with van der Waals surface area (Å²) in [5.74, 6) is 2.19. The highest BCUT2D eigenvalue weighted by atomic mass is 16.5. The minimum Gasteiger partial charge on any atom is -0.476 e. The Kier molecular flexibility index (Phi) is 4.98. The zero-order chi connectivity index (χ0) is 16.2. The topological polar surface area (TPSA) is 58.6 Å². The molecule has 1 atom stereocenters. The Bertz CT molecular complexity index is 549. The average molecular weight is 318 g/mol. The second-order valence-electron chi connectivity index (χ2n) is 6.85. The summed E-state index contributed by atoms with van der Waals surface area (Å²) in [5.41, 5.74) is 0. The van der Waals surface area contributed by atoms with E-state index < -0.39 is 0 Å². The molecule has 0 spiro atoms. The first-order valence-corrected chi connectivity index (χ1v) is 8.62. The number of hydrogen-bond acceptors (Lipinski definition) is 5. The zero-order valence-corrected chi connectivity index (χ0v) is 14.1. The molecule has 126 valence electrons. The molecular weight excluding hydrogens is 292 g/mol. The van der Waals surface area contributed by atoms with Gasteiger partial charge < -0.3 is 14.5 Å². The Balaban J connectivity index is 1.66. The van der Waals surface area contributed by atoms with Gasteiger partial charge in [-0.3, -0.25) is 9.78 Å². The highest BCUT2D eigenvalue weighted by Crippen LogP contribution is 2.25. The molecule has 1 amide bonds. The first-order chi connectivity index (χ1) is 11.1. The van der Waals surface area contributed by atoms with Gasteiger partial charge in [0, 0.05) is 32.1 Å². The Hall–Kier alpha value is -1.85. The van der Waals surface area contributed by atoms with E-state index in [9.17, 15) is 4.79 Å². The highest BCUT2D eigenvalue weighted by Gasteiger charge is 2.31. The molecule has 1 aromatic rings. The lowest BCUT2D eigenvalue weighted by molar-refractivity contribution is -0.129. The monoisotopic (exact) mass is 318 g/mol. The second kappa shape index (κ2) is 7.15. The molecule has 0 aromatic carbocycles. The van der Waals surface area contributed by atoms with Crippen LogP contribution in [-0.2, 0) is 4.79 Å². The maximum absolute atomic E-state index is 12.0. The number of rotatable bonds is 5. The maximum Gasteiger partial charge on any atom is 0.234 e. The van der Waals surface area contributed by atoms with Crippen molar-refractivity contribution in [2.75, 3.05) is 31.1 Å². The third kappa shape index (κ3) is 3.92. The fraction of sp³-hybridized carbons (Fsp3) is 0.706. The van der Waals surface area contributed by atoms with Gasteiger partial charge in [0.2, 0.25) is 11.8 Å². The maximum atomic E-state index is 12.0. The van der Waals surface area contributed by atoms with Crippen LogP contribution in [0.3, 0.4) is 0 Å². The fourth-order valence-electron chi connectivity index (χ4n) is 3.28. The van der Waals surface area contributed by atoms with E-state index >= 15 is 0 Å². The van der Waals surface area contributed by atoms with Crippen LogP contribution in [0.1, 0.15) is 39.5 Å².